The predicted molar refractivity (Wildman–Crippen MR) is 131 cm³/mol. The van der Waals surface area contributed by atoms with Crippen molar-refractivity contribution in [3.8, 4) is 0 Å². The number of rotatable bonds is 7. The van der Waals surface area contributed by atoms with Crippen LogP contribution in [0.3, 0.4) is 0 Å². The summed E-state index contributed by atoms with van der Waals surface area (Å²) in [6, 6.07) is -0.713. The Bertz CT molecular complexity index is 734. The van der Waals surface area contributed by atoms with Gasteiger partial charge >= 0.3 is 161 Å². The minimum atomic E-state index is -5.17. The van der Waals surface area contributed by atoms with Crippen molar-refractivity contribution in [2.45, 2.75) is 44.3 Å². The summed E-state index contributed by atoms with van der Waals surface area (Å²) in [5, 5.41) is 51.8. The van der Waals surface area contributed by atoms with E-state index in [2.05, 4.69) is 0 Å². The SMILES string of the molecule is CC(C)C(N)C(=O)O.O.O.O.O.O.O.O.O=CC(O)C(O)C(O)C(O)CO.O=P([O-])(O)O.O=P([O-])([O-])O.O=S(=O)([O-])[O-].[K+].[K+].[Mg+2].[Na+]. The first-order valence-electron chi connectivity index (χ1n) is 8.04. The van der Waals surface area contributed by atoms with Gasteiger partial charge in [-0.2, -0.15) is 0 Å². The quantitative estimate of drug-likeness (QED) is 0.0374. The average Bonchev–Trinajstić information content (AvgIpc) is 2.61. The van der Waals surface area contributed by atoms with Gasteiger partial charge in [-0.3, -0.25) is 17.8 Å². The summed E-state index contributed by atoms with van der Waals surface area (Å²) in [7, 11) is -15.2. The minimum absolute atomic E-state index is 0. The molecule has 0 aromatic heterocycles. The molecule has 0 bridgehead atoms. The normalized spacial score (nSPS) is 11.8. The van der Waals surface area contributed by atoms with Gasteiger partial charge in [-0.1, -0.05) is 13.8 Å². The molecule has 0 aromatic carbocycles. The van der Waals surface area contributed by atoms with Gasteiger partial charge in [0.1, 0.15) is 30.5 Å². The second-order valence-electron chi connectivity index (χ2n) is 5.83. The maximum atomic E-state index is 10.0. The van der Waals surface area contributed by atoms with E-state index in [1.54, 1.807) is 13.8 Å². The molecule has 0 aromatic rings. The van der Waals surface area contributed by atoms with E-state index in [0.29, 0.717) is 0 Å². The van der Waals surface area contributed by atoms with Crippen LogP contribution in [0.1, 0.15) is 13.8 Å². The molecule has 272 valence electrons. The zero-order valence-corrected chi connectivity index (χ0v) is 37.1. The summed E-state index contributed by atoms with van der Waals surface area (Å²) in [6.07, 6.45) is -6.84. The fourth-order valence-electron chi connectivity index (χ4n) is 0.903. The minimum Gasteiger partial charge on any atom is -0.790 e. The molecule has 5 atom stereocenters. The smallest absolute Gasteiger partial charge is 0.790 e. The average molecular weight is 838 g/mol. The van der Waals surface area contributed by atoms with E-state index >= 15 is 0 Å². The number of carboxylic acids is 1. The van der Waals surface area contributed by atoms with Gasteiger partial charge in [0, 0.05) is 10.4 Å². The van der Waals surface area contributed by atoms with E-state index in [0.717, 1.165) is 0 Å². The first kappa shape index (κ1) is 104. The Morgan fingerprint density at radius 2 is 1.02 bits per heavy atom. The number of hydrogen-bond donors (Lipinski definition) is 10. The van der Waals surface area contributed by atoms with Crippen molar-refractivity contribution in [3.05, 3.63) is 0 Å². The van der Waals surface area contributed by atoms with E-state index < -0.39 is 69.1 Å². The van der Waals surface area contributed by atoms with Crippen molar-refractivity contribution in [1.29, 1.82) is 0 Å². The summed E-state index contributed by atoms with van der Waals surface area (Å²) < 4.78 is 51.5. The van der Waals surface area contributed by atoms with Crippen LogP contribution in [0, 0.1) is 5.92 Å². The zero-order chi connectivity index (χ0) is 30.0. The molecule has 46 heavy (non-hydrogen) atoms. The van der Waals surface area contributed by atoms with Crippen LogP contribution in [-0.2, 0) is 29.1 Å². The van der Waals surface area contributed by atoms with Crippen LogP contribution < -0.4 is 153 Å². The summed E-state index contributed by atoms with van der Waals surface area (Å²) in [6.45, 7) is 2.79. The van der Waals surface area contributed by atoms with Gasteiger partial charge in [0.2, 0.25) is 0 Å². The Hall–Kier alpha value is 3.75. The molecule has 0 fully saturated rings. The standard InChI is InChI=1S/C6H12O6.C5H11NO2.2K.Mg.Na.2H3O4P.H2O4S.7H2O/c7-1-3(9)5(11)6(12)4(10)2-8;1-3(2)4(6)5(7)8;;;;;3*1-5(2,3)4;;;;;;;/h1,3-6,8-12H,2H2;3-4H,6H2,1-2H3,(H,7,8);;;;;2*(H3,1,2,3,4);(H2,1,2,3,4);7*1H2/q;;2*+1;+2;+1;;;;;;;;;;/p-5. The molecule has 0 aliphatic carbocycles. The molecular formula is C11H40K2MgNNaO27P2S. The second kappa shape index (κ2) is 55.5. The summed E-state index contributed by atoms with van der Waals surface area (Å²) in [4.78, 5) is 67.1. The van der Waals surface area contributed by atoms with Crippen LogP contribution in [0.25, 0.3) is 0 Å². The molecule has 0 spiro atoms. The van der Waals surface area contributed by atoms with Crippen LogP contribution in [-0.4, -0.2) is 174 Å². The number of carboxylic acid groups (broad SMARTS) is 1. The first-order chi connectivity index (χ1) is 15.1. The fraction of sp³-hybridized carbons (Fsp3) is 0.818. The van der Waals surface area contributed by atoms with Gasteiger partial charge in [0.25, 0.3) is 7.82 Å². The van der Waals surface area contributed by atoms with Gasteiger partial charge in [-0.25, -0.2) is 0 Å². The fourth-order valence-corrected chi connectivity index (χ4v) is 0.903. The van der Waals surface area contributed by atoms with Crippen LogP contribution in [0.5, 0.6) is 0 Å². The number of phosphoric acid groups is 2. The van der Waals surface area contributed by atoms with Crippen LogP contribution in [0.2, 0.25) is 0 Å². The summed E-state index contributed by atoms with van der Waals surface area (Å²) in [5.41, 5.74) is 5.16. The molecule has 0 aliphatic rings. The molecule has 0 saturated carbocycles. The number of carbonyl (C=O) groups excluding carboxylic acids is 1. The monoisotopic (exact) mass is 837 g/mol. The third kappa shape index (κ3) is 136. The molecule has 5 unspecified atom stereocenters. The Labute approximate surface area is 384 Å². The number of aliphatic hydroxyl groups is 5. The van der Waals surface area contributed by atoms with Crippen LogP contribution >= 0.6 is 15.6 Å². The molecule has 0 heterocycles. The number of carbonyl (C=O) groups is 2. The zero-order valence-electron chi connectivity index (χ0n) is 24.9. The summed E-state index contributed by atoms with van der Waals surface area (Å²) in [5.74, 6) is -0.910. The van der Waals surface area contributed by atoms with Crippen LogP contribution in [0.15, 0.2) is 0 Å². The molecule has 35 heteroatoms. The van der Waals surface area contributed by atoms with Crippen molar-refractivity contribution in [2.24, 2.45) is 11.7 Å². The molecule has 25 N–H and O–H groups in total. The largest absolute Gasteiger partial charge is 2.00 e. The van der Waals surface area contributed by atoms with E-state index in [1.807, 2.05) is 0 Å². The van der Waals surface area contributed by atoms with E-state index in [1.165, 1.54) is 0 Å². The van der Waals surface area contributed by atoms with Crippen molar-refractivity contribution in [1.82, 2.24) is 0 Å². The molecular weight excluding hydrogens is 798 g/mol. The van der Waals surface area contributed by atoms with Gasteiger partial charge in [-0.15, -0.1) is 0 Å². The van der Waals surface area contributed by atoms with Gasteiger partial charge in [-0.05, 0) is 5.92 Å². The Morgan fingerprint density at radius 3 is 1.11 bits per heavy atom. The van der Waals surface area contributed by atoms with Gasteiger partial charge in [0.15, 0.2) is 6.29 Å². The van der Waals surface area contributed by atoms with Gasteiger partial charge in [0.05, 0.1) is 14.4 Å². The van der Waals surface area contributed by atoms with E-state index in [4.69, 9.17) is 92.4 Å². The first-order valence-corrected chi connectivity index (χ1v) is 12.4. The van der Waals surface area contributed by atoms with Crippen molar-refractivity contribution in [3.63, 3.8) is 0 Å². The molecule has 0 aliphatic heterocycles. The number of aldehydes is 1. The second-order valence-corrected chi connectivity index (χ2v) is 8.57. The van der Waals surface area contributed by atoms with Crippen molar-refractivity contribution >= 4 is 61.4 Å². The molecule has 28 nitrogen and oxygen atoms in total. The van der Waals surface area contributed by atoms with E-state index in [9.17, 15) is 9.59 Å². The third-order valence-corrected chi connectivity index (χ3v) is 2.42. The maximum absolute atomic E-state index is 10.0. The molecule has 0 radical (unpaired) electrons. The van der Waals surface area contributed by atoms with Gasteiger partial charge < -0.3 is 123 Å². The number of hydrogen-bond acceptors (Lipinski definition) is 17. The van der Waals surface area contributed by atoms with Crippen molar-refractivity contribution < 1.29 is 267 Å². The van der Waals surface area contributed by atoms with Crippen LogP contribution in [0.4, 0.5) is 0 Å². The molecule has 0 rings (SSSR count). The third-order valence-electron chi connectivity index (χ3n) is 2.42. The molecule has 0 saturated heterocycles. The van der Waals surface area contributed by atoms with E-state index in [-0.39, 0.29) is 206 Å². The Balaban J connectivity index is -0.0000000172. The Morgan fingerprint density at radius 1 is 0.826 bits per heavy atom. The summed E-state index contributed by atoms with van der Waals surface area (Å²) >= 11 is 0. The predicted octanol–water partition coefficient (Wildman–Crippen LogP) is -23.6. The van der Waals surface area contributed by atoms with Crippen molar-refractivity contribution in [2.75, 3.05) is 6.61 Å². The molecule has 0 amide bonds. The Kier molecular flexibility index (Phi) is 125. The maximum Gasteiger partial charge on any atom is 2.00 e. The number of nitrogens with two attached hydrogens (primary N) is 1. The topological polar surface area (TPSA) is 646 Å². The number of aliphatic carboxylic acids is 1. The number of aliphatic hydroxyl groups excluding tert-OH is 5.